The molecule has 134 valence electrons. The molecule has 1 aromatic heterocycles. The zero-order valence-corrected chi connectivity index (χ0v) is 14.8. The summed E-state index contributed by atoms with van der Waals surface area (Å²) in [6.45, 7) is -0.0645. The van der Waals surface area contributed by atoms with Gasteiger partial charge in [0, 0.05) is 27.6 Å². The fourth-order valence-electron chi connectivity index (χ4n) is 2.04. The lowest BCUT2D eigenvalue weighted by Crippen LogP contribution is -2.01. The van der Waals surface area contributed by atoms with E-state index >= 15 is 0 Å². The molecule has 0 aliphatic rings. The molecule has 2 aromatic carbocycles. The van der Waals surface area contributed by atoms with Gasteiger partial charge >= 0.3 is 0 Å². The summed E-state index contributed by atoms with van der Waals surface area (Å²) in [5, 5.41) is 6.78. The summed E-state index contributed by atoms with van der Waals surface area (Å²) in [6.07, 6.45) is 1.50. The molecule has 3 rings (SSSR count). The van der Waals surface area contributed by atoms with Crippen molar-refractivity contribution in [2.24, 2.45) is 5.10 Å². The number of benzene rings is 2. The van der Waals surface area contributed by atoms with Crippen molar-refractivity contribution in [1.82, 2.24) is 4.98 Å². The lowest BCUT2D eigenvalue weighted by Gasteiger charge is -2.10. The van der Waals surface area contributed by atoms with Gasteiger partial charge in [0.1, 0.15) is 29.8 Å². The van der Waals surface area contributed by atoms with Crippen LogP contribution < -0.4 is 15.9 Å². The third-order valence-corrected chi connectivity index (χ3v) is 4.26. The predicted molar refractivity (Wildman–Crippen MR) is 99.9 cm³/mol. The van der Waals surface area contributed by atoms with Gasteiger partial charge in [-0.05, 0) is 30.3 Å². The van der Waals surface area contributed by atoms with Crippen molar-refractivity contribution in [3.05, 3.63) is 69.6 Å². The van der Waals surface area contributed by atoms with E-state index in [2.05, 4.69) is 15.5 Å². The van der Waals surface area contributed by atoms with Gasteiger partial charge < -0.3 is 10.5 Å². The number of nitrogens with zero attached hydrogens (tertiary/aromatic N) is 2. The van der Waals surface area contributed by atoms with Gasteiger partial charge in [-0.2, -0.15) is 5.10 Å². The Balaban J connectivity index is 1.72. The molecule has 0 aliphatic heterocycles. The number of rotatable bonds is 6. The van der Waals surface area contributed by atoms with Crippen molar-refractivity contribution >= 4 is 40.1 Å². The second-order valence-corrected chi connectivity index (χ2v) is 6.45. The molecule has 9 heteroatoms. The van der Waals surface area contributed by atoms with Gasteiger partial charge in [0.05, 0.1) is 6.21 Å². The van der Waals surface area contributed by atoms with E-state index in [1.54, 1.807) is 23.6 Å². The van der Waals surface area contributed by atoms with Crippen LogP contribution in [0.25, 0.3) is 0 Å². The monoisotopic (exact) mass is 394 g/mol. The van der Waals surface area contributed by atoms with Gasteiger partial charge in [-0.15, -0.1) is 11.3 Å². The fourth-order valence-corrected chi connectivity index (χ4v) is 2.77. The lowest BCUT2D eigenvalue weighted by molar-refractivity contribution is 0.299. The van der Waals surface area contributed by atoms with Gasteiger partial charge in [0.15, 0.2) is 0 Å². The Bertz CT molecular complexity index is 948. The SMILES string of the molecule is Nc1csc(NN=Cc2cc(Cl)ccc2OCc2ccc(F)cc2F)n1. The van der Waals surface area contributed by atoms with Gasteiger partial charge in [0.2, 0.25) is 5.13 Å². The molecule has 3 aromatic rings. The number of hydrogen-bond donors (Lipinski definition) is 2. The highest BCUT2D eigenvalue weighted by atomic mass is 35.5. The molecule has 5 nitrogen and oxygen atoms in total. The molecule has 0 amide bonds. The van der Waals surface area contributed by atoms with E-state index in [-0.39, 0.29) is 12.2 Å². The standard InChI is InChI=1S/C17H13ClF2N4OS/c18-12-2-4-15(25-8-10-1-3-13(19)6-14(10)20)11(5-12)7-22-24-17-23-16(21)9-26-17/h1-7,9H,8,21H2,(H,23,24). The first-order valence-corrected chi connectivity index (χ1v) is 8.63. The molecule has 0 aliphatic carbocycles. The van der Waals surface area contributed by atoms with Crippen molar-refractivity contribution in [3.63, 3.8) is 0 Å². The van der Waals surface area contributed by atoms with Gasteiger partial charge in [0.25, 0.3) is 0 Å². The van der Waals surface area contributed by atoms with E-state index in [1.807, 2.05) is 0 Å². The summed E-state index contributed by atoms with van der Waals surface area (Å²) in [7, 11) is 0. The third-order valence-electron chi connectivity index (χ3n) is 3.26. The van der Waals surface area contributed by atoms with Crippen LogP contribution in [0, 0.1) is 11.6 Å². The van der Waals surface area contributed by atoms with E-state index in [0.29, 0.717) is 27.3 Å². The summed E-state index contributed by atoms with van der Waals surface area (Å²) >= 11 is 7.32. The summed E-state index contributed by atoms with van der Waals surface area (Å²) in [5.74, 6) is -0.459. The minimum atomic E-state index is -0.669. The molecule has 26 heavy (non-hydrogen) atoms. The second kappa shape index (κ2) is 8.11. The zero-order valence-electron chi connectivity index (χ0n) is 13.2. The molecular weight excluding hydrogens is 382 g/mol. The average Bonchev–Trinajstić information content (AvgIpc) is 3.01. The summed E-state index contributed by atoms with van der Waals surface area (Å²) in [6, 6.07) is 8.26. The highest BCUT2D eigenvalue weighted by Crippen LogP contribution is 2.23. The van der Waals surface area contributed by atoms with Crippen LogP contribution in [0.3, 0.4) is 0 Å². The van der Waals surface area contributed by atoms with Gasteiger partial charge in [-0.25, -0.2) is 13.8 Å². The molecule has 1 heterocycles. The largest absolute Gasteiger partial charge is 0.488 e. The minimum Gasteiger partial charge on any atom is -0.488 e. The zero-order chi connectivity index (χ0) is 18.5. The predicted octanol–water partition coefficient (Wildman–Crippen LogP) is 4.68. The summed E-state index contributed by atoms with van der Waals surface area (Å²) in [5.41, 5.74) is 9.10. The highest BCUT2D eigenvalue weighted by molar-refractivity contribution is 7.14. The average molecular weight is 395 g/mol. The number of halogens is 3. The fraction of sp³-hybridized carbons (Fsp3) is 0.0588. The van der Waals surface area contributed by atoms with Crippen molar-refractivity contribution in [3.8, 4) is 5.75 Å². The number of anilines is 2. The normalized spacial score (nSPS) is 11.0. The number of nitrogens with one attached hydrogen (secondary N) is 1. The maximum Gasteiger partial charge on any atom is 0.205 e. The number of hydrazone groups is 1. The lowest BCUT2D eigenvalue weighted by atomic mass is 10.2. The van der Waals surface area contributed by atoms with Crippen LogP contribution in [0.15, 0.2) is 46.9 Å². The highest BCUT2D eigenvalue weighted by Gasteiger charge is 2.08. The number of ether oxygens (including phenoxy) is 1. The minimum absolute atomic E-state index is 0.0645. The number of nitrogen functional groups attached to an aromatic ring is 1. The molecule has 3 N–H and O–H groups in total. The van der Waals surface area contributed by atoms with Crippen LogP contribution in [0.1, 0.15) is 11.1 Å². The first kappa shape index (κ1) is 18.1. The van der Waals surface area contributed by atoms with Crippen molar-refractivity contribution in [1.29, 1.82) is 0 Å². The Morgan fingerprint density at radius 1 is 1.27 bits per heavy atom. The number of thiazole rings is 1. The van der Waals surface area contributed by atoms with Crippen LogP contribution in [-0.4, -0.2) is 11.2 Å². The first-order chi connectivity index (χ1) is 12.5. The first-order valence-electron chi connectivity index (χ1n) is 7.37. The Kier molecular flexibility index (Phi) is 5.65. The molecular formula is C17H13ClF2N4OS. The summed E-state index contributed by atoms with van der Waals surface area (Å²) in [4.78, 5) is 4.02. The smallest absolute Gasteiger partial charge is 0.205 e. The number of hydrogen-bond acceptors (Lipinski definition) is 6. The van der Waals surface area contributed by atoms with Crippen molar-refractivity contribution in [2.75, 3.05) is 11.2 Å². The molecule has 0 saturated heterocycles. The number of aromatic nitrogens is 1. The quantitative estimate of drug-likeness (QED) is 0.470. The van der Waals surface area contributed by atoms with Crippen LogP contribution in [-0.2, 0) is 6.61 Å². The Hall–Kier alpha value is -2.71. The van der Waals surface area contributed by atoms with Gasteiger partial charge in [-0.3, -0.25) is 5.43 Å². The van der Waals surface area contributed by atoms with E-state index in [0.717, 1.165) is 6.07 Å². The van der Waals surface area contributed by atoms with E-state index in [9.17, 15) is 8.78 Å². The molecule has 0 unspecified atom stereocenters. The van der Waals surface area contributed by atoms with Crippen LogP contribution in [0.2, 0.25) is 5.02 Å². The number of nitrogens with two attached hydrogens (primary N) is 1. The molecule has 0 radical (unpaired) electrons. The second-order valence-electron chi connectivity index (χ2n) is 5.15. The van der Waals surface area contributed by atoms with Crippen LogP contribution in [0.4, 0.5) is 19.7 Å². The van der Waals surface area contributed by atoms with Crippen molar-refractivity contribution < 1.29 is 13.5 Å². The Morgan fingerprint density at radius 3 is 2.85 bits per heavy atom. The molecule has 0 saturated carbocycles. The van der Waals surface area contributed by atoms with Crippen LogP contribution >= 0.6 is 22.9 Å². The Morgan fingerprint density at radius 2 is 2.12 bits per heavy atom. The van der Waals surface area contributed by atoms with E-state index in [1.165, 1.54) is 29.7 Å². The maximum atomic E-state index is 13.7. The third kappa shape index (κ3) is 4.68. The maximum absolute atomic E-state index is 13.7. The van der Waals surface area contributed by atoms with Crippen LogP contribution in [0.5, 0.6) is 5.75 Å². The molecule has 0 spiro atoms. The van der Waals surface area contributed by atoms with Crippen molar-refractivity contribution in [2.45, 2.75) is 6.61 Å². The Labute approximate surface area is 157 Å². The molecule has 0 fully saturated rings. The van der Waals surface area contributed by atoms with Gasteiger partial charge in [-0.1, -0.05) is 11.6 Å². The molecule has 0 bridgehead atoms. The van der Waals surface area contributed by atoms with E-state index in [4.69, 9.17) is 22.1 Å². The van der Waals surface area contributed by atoms with E-state index < -0.39 is 11.6 Å². The summed E-state index contributed by atoms with van der Waals surface area (Å²) < 4.78 is 32.3. The molecule has 0 atom stereocenters. The topological polar surface area (TPSA) is 72.5 Å².